The van der Waals surface area contributed by atoms with Gasteiger partial charge in [-0.05, 0) is 16.3 Å². The first-order valence-corrected chi connectivity index (χ1v) is 5.38. The van der Waals surface area contributed by atoms with Crippen molar-refractivity contribution in [1.29, 1.82) is 0 Å². The Morgan fingerprint density at radius 2 is 1.88 bits per heavy atom. The molecular weight excluding hydrogens is 216 g/mol. The van der Waals surface area contributed by atoms with Crippen LogP contribution in [-0.4, -0.2) is 17.4 Å². The second kappa shape index (κ2) is 4.78. The topological polar surface area (TPSA) is 54.4 Å². The molecule has 2 rings (SSSR count). The van der Waals surface area contributed by atoms with Gasteiger partial charge in [0.25, 0.3) is 0 Å². The minimum absolute atomic E-state index is 0.00331. The van der Waals surface area contributed by atoms with Gasteiger partial charge in [0.2, 0.25) is 0 Å². The number of carboxylic acids is 1. The quantitative estimate of drug-likeness (QED) is 0.818. The predicted octanol–water partition coefficient (Wildman–Crippen LogP) is 2.60. The molecule has 0 aliphatic heterocycles. The van der Waals surface area contributed by atoms with Crippen LogP contribution in [0.4, 0.5) is 0 Å². The smallest absolute Gasteiger partial charge is 0.311 e. The molecule has 0 fully saturated rings. The Bertz CT molecular complexity index is 555. The molecule has 3 nitrogen and oxygen atoms in total. The zero-order valence-electron chi connectivity index (χ0n) is 9.17. The van der Waals surface area contributed by atoms with Crippen LogP contribution in [0.25, 0.3) is 10.8 Å². The second-order valence-corrected chi connectivity index (χ2v) is 3.86. The molecule has 0 heterocycles. The van der Waals surface area contributed by atoms with Crippen LogP contribution in [0.2, 0.25) is 0 Å². The fourth-order valence-corrected chi connectivity index (χ4v) is 2.01. The van der Waals surface area contributed by atoms with Gasteiger partial charge < -0.3 is 9.90 Å². The molecule has 0 aliphatic rings. The number of aldehydes is 1. The molecule has 0 saturated heterocycles. The van der Waals surface area contributed by atoms with Crippen LogP contribution >= 0.6 is 0 Å². The molecule has 0 radical (unpaired) electrons. The molecule has 0 amide bonds. The molecule has 1 atom stereocenters. The van der Waals surface area contributed by atoms with E-state index in [1.54, 1.807) is 6.07 Å². The van der Waals surface area contributed by atoms with Crippen molar-refractivity contribution < 1.29 is 14.7 Å². The lowest BCUT2D eigenvalue weighted by molar-refractivity contribution is -0.139. The Kier molecular flexibility index (Phi) is 3.19. The Morgan fingerprint density at radius 3 is 2.59 bits per heavy atom. The van der Waals surface area contributed by atoms with E-state index in [1.807, 2.05) is 36.4 Å². The van der Waals surface area contributed by atoms with Crippen LogP contribution in [0.1, 0.15) is 17.9 Å². The van der Waals surface area contributed by atoms with Crippen molar-refractivity contribution in [2.45, 2.75) is 12.3 Å². The summed E-state index contributed by atoms with van der Waals surface area (Å²) >= 11 is 0. The minimum atomic E-state index is -0.964. The molecule has 17 heavy (non-hydrogen) atoms. The third-order valence-corrected chi connectivity index (χ3v) is 2.83. The van der Waals surface area contributed by atoms with E-state index in [0.717, 1.165) is 10.8 Å². The number of rotatable bonds is 4. The van der Waals surface area contributed by atoms with Gasteiger partial charge in [-0.15, -0.1) is 0 Å². The molecule has 1 unspecified atom stereocenters. The highest BCUT2D eigenvalue weighted by atomic mass is 16.4. The van der Waals surface area contributed by atoms with E-state index in [4.69, 9.17) is 5.11 Å². The number of carbonyl (C=O) groups is 2. The summed E-state index contributed by atoms with van der Waals surface area (Å²) < 4.78 is 0. The number of aliphatic carboxylic acids is 1. The summed E-state index contributed by atoms with van der Waals surface area (Å²) in [5.74, 6) is -1.73. The Balaban J connectivity index is 2.60. The lowest BCUT2D eigenvalue weighted by atomic mass is 9.91. The largest absolute Gasteiger partial charge is 0.481 e. The van der Waals surface area contributed by atoms with Crippen LogP contribution < -0.4 is 0 Å². The molecule has 0 spiro atoms. The van der Waals surface area contributed by atoms with Crippen molar-refractivity contribution in [3.05, 3.63) is 48.0 Å². The molecule has 0 saturated carbocycles. The summed E-state index contributed by atoms with van der Waals surface area (Å²) in [6.07, 6.45) is 0.657. The average Bonchev–Trinajstić information content (AvgIpc) is 2.35. The Labute approximate surface area is 98.7 Å². The first-order valence-electron chi connectivity index (χ1n) is 5.38. The van der Waals surface area contributed by atoms with Gasteiger partial charge in [0.15, 0.2) is 0 Å². The van der Waals surface area contributed by atoms with E-state index in [1.165, 1.54) is 0 Å². The van der Waals surface area contributed by atoms with Crippen molar-refractivity contribution in [3.8, 4) is 0 Å². The standard InChI is InChI=1S/C14H12O3/c15-9-8-13(14(16)17)12-7-3-5-10-4-1-2-6-11(10)12/h1-7,9,13H,8H2,(H,16,17). The highest BCUT2D eigenvalue weighted by Crippen LogP contribution is 2.27. The fourth-order valence-electron chi connectivity index (χ4n) is 2.01. The molecule has 1 N–H and O–H groups in total. The predicted molar refractivity (Wildman–Crippen MR) is 65.0 cm³/mol. The third-order valence-electron chi connectivity index (χ3n) is 2.83. The number of fused-ring (bicyclic) bond motifs is 1. The molecule has 0 aliphatic carbocycles. The van der Waals surface area contributed by atoms with E-state index in [-0.39, 0.29) is 6.42 Å². The van der Waals surface area contributed by atoms with Gasteiger partial charge in [-0.3, -0.25) is 4.79 Å². The summed E-state index contributed by atoms with van der Waals surface area (Å²) in [6, 6.07) is 13.1. The summed E-state index contributed by atoms with van der Waals surface area (Å²) in [4.78, 5) is 21.7. The maximum Gasteiger partial charge on any atom is 0.311 e. The Morgan fingerprint density at radius 1 is 1.18 bits per heavy atom. The number of hydrogen-bond donors (Lipinski definition) is 1. The van der Waals surface area contributed by atoms with Crippen molar-refractivity contribution in [1.82, 2.24) is 0 Å². The van der Waals surface area contributed by atoms with Crippen molar-refractivity contribution in [2.24, 2.45) is 0 Å². The summed E-state index contributed by atoms with van der Waals surface area (Å²) in [7, 11) is 0. The van der Waals surface area contributed by atoms with Gasteiger partial charge in [-0.2, -0.15) is 0 Å². The van der Waals surface area contributed by atoms with Gasteiger partial charge in [0.05, 0.1) is 5.92 Å². The molecule has 0 bridgehead atoms. The zero-order chi connectivity index (χ0) is 12.3. The zero-order valence-corrected chi connectivity index (χ0v) is 9.17. The number of benzene rings is 2. The lowest BCUT2D eigenvalue weighted by Crippen LogP contribution is -2.12. The Hall–Kier alpha value is -2.16. The van der Waals surface area contributed by atoms with Crippen LogP contribution in [0, 0.1) is 0 Å². The van der Waals surface area contributed by atoms with Gasteiger partial charge in [0.1, 0.15) is 6.29 Å². The number of carbonyl (C=O) groups excluding carboxylic acids is 1. The van der Waals surface area contributed by atoms with Crippen LogP contribution in [0.15, 0.2) is 42.5 Å². The minimum Gasteiger partial charge on any atom is -0.481 e. The van der Waals surface area contributed by atoms with E-state index in [9.17, 15) is 9.59 Å². The number of hydrogen-bond acceptors (Lipinski definition) is 2. The van der Waals surface area contributed by atoms with Gasteiger partial charge in [-0.25, -0.2) is 0 Å². The van der Waals surface area contributed by atoms with Crippen molar-refractivity contribution in [3.63, 3.8) is 0 Å². The molecule has 0 aromatic heterocycles. The van der Waals surface area contributed by atoms with E-state index < -0.39 is 11.9 Å². The SMILES string of the molecule is O=CCC(C(=O)O)c1cccc2ccccc12. The van der Waals surface area contributed by atoms with Crippen LogP contribution in [0.5, 0.6) is 0 Å². The van der Waals surface area contributed by atoms with Gasteiger partial charge >= 0.3 is 5.97 Å². The molecule has 2 aromatic rings. The van der Waals surface area contributed by atoms with Gasteiger partial charge in [-0.1, -0.05) is 42.5 Å². The molecular formula is C14H12O3. The highest BCUT2D eigenvalue weighted by Gasteiger charge is 2.20. The summed E-state index contributed by atoms with van der Waals surface area (Å²) in [6.45, 7) is 0. The third kappa shape index (κ3) is 2.18. The summed E-state index contributed by atoms with van der Waals surface area (Å²) in [5.41, 5.74) is 0.697. The first-order chi connectivity index (χ1) is 8.24. The lowest BCUT2D eigenvalue weighted by Gasteiger charge is -2.12. The van der Waals surface area contributed by atoms with Gasteiger partial charge in [0, 0.05) is 6.42 Å². The van der Waals surface area contributed by atoms with Crippen molar-refractivity contribution in [2.75, 3.05) is 0 Å². The normalized spacial score (nSPS) is 12.2. The monoisotopic (exact) mass is 228 g/mol. The highest BCUT2D eigenvalue weighted by molar-refractivity contribution is 5.91. The second-order valence-electron chi connectivity index (χ2n) is 3.86. The van der Waals surface area contributed by atoms with Crippen molar-refractivity contribution >= 4 is 23.0 Å². The maximum atomic E-state index is 11.2. The molecule has 86 valence electrons. The van der Waals surface area contributed by atoms with Crippen LogP contribution in [-0.2, 0) is 9.59 Å². The number of carboxylic acid groups (broad SMARTS) is 1. The summed E-state index contributed by atoms with van der Waals surface area (Å²) in [5, 5.41) is 11.0. The van der Waals surface area contributed by atoms with Crippen LogP contribution in [0.3, 0.4) is 0 Å². The first kappa shape index (κ1) is 11.3. The van der Waals surface area contributed by atoms with E-state index in [0.29, 0.717) is 11.8 Å². The molecule has 2 aromatic carbocycles. The average molecular weight is 228 g/mol. The molecule has 3 heteroatoms. The maximum absolute atomic E-state index is 11.2. The van der Waals surface area contributed by atoms with E-state index in [2.05, 4.69) is 0 Å². The fraction of sp³-hybridized carbons (Fsp3) is 0.143. The van der Waals surface area contributed by atoms with E-state index >= 15 is 0 Å².